The first kappa shape index (κ1) is 23.5. The predicted octanol–water partition coefficient (Wildman–Crippen LogP) is 5.45. The minimum atomic E-state index is 0.568. The van der Waals surface area contributed by atoms with Crippen LogP contribution >= 0.6 is 23.2 Å². The average Bonchev–Trinajstić information content (AvgIpc) is 3.30. The van der Waals surface area contributed by atoms with Gasteiger partial charge in [-0.1, -0.05) is 23.2 Å². The number of benzene rings is 2. The second kappa shape index (κ2) is 10.9. The number of rotatable bonds is 4. The molecule has 2 aromatic carbocycles. The highest BCUT2D eigenvalue weighted by Gasteiger charge is 2.17. The molecule has 0 atom stereocenters. The number of ether oxygens (including phenoxy) is 2. The number of hydrogen-bond acceptors (Lipinski definition) is 6. The molecule has 0 unspecified atom stereocenters. The molecule has 2 aliphatic heterocycles. The molecule has 4 N–H and O–H groups in total. The molecule has 2 saturated heterocycles. The molecule has 4 rings (SSSR count). The van der Waals surface area contributed by atoms with Crippen molar-refractivity contribution in [3.63, 3.8) is 0 Å². The second-order valence-electron chi connectivity index (χ2n) is 7.83. The van der Waals surface area contributed by atoms with Gasteiger partial charge in [-0.05, 0) is 44.2 Å². The Morgan fingerprint density at radius 2 is 1.00 bits per heavy atom. The largest absolute Gasteiger partial charge is 0.495 e. The average molecular weight is 467 g/mol. The molecule has 2 aromatic rings. The zero-order chi connectivity index (χ0) is 22.4. The number of piperidine rings is 1. The Labute approximate surface area is 195 Å². The summed E-state index contributed by atoms with van der Waals surface area (Å²) in [5, 5.41) is 1.14. The van der Waals surface area contributed by atoms with E-state index in [4.69, 9.17) is 44.1 Å². The van der Waals surface area contributed by atoms with Crippen LogP contribution in [0.1, 0.15) is 32.1 Å². The minimum Gasteiger partial charge on any atom is -0.495 e. The fourth-order valence-corrected chi connectivity index (χ4v) is 4.57. The molecule has 8 heteroatoms. The van der Waals surface area contributed by atoms with Crippen LogP contribution in [0.15, 0.2) is 24.3 Å². The number of nitrogens with two attached hydrogens (primary N) is 2. The molecule has 0 amide bonds. The Kier molecular flexibility index (Phi) is 8.27. The molecule has 170 valence electrons. The standard InChI is InChI=1S/C12H17ClN2O.C11H15ClN2O/c1-16-12-8-11(10(14)7-9(12)13)15-5-3-2-4-6-15;1-15-11-7-10(9(13)6-8(11)12)14-4-2-3-5-14/h7-8H,2-6,14H2,1H3;6-7H,2-5,13H2,1H3. The Bertz CT molecular complexity index is 882. The third-order valence-corrected chi connectivity index (χ3v) is 6.34. The van der Waals surface area contributed by atoms with E-state index in [2.05, 4.69) is 9.80 Å². The Hall–Kier alpha value is -2.18. The highest BCUT2D eigenvalue weighted by Crippen LogP contribution is 2.37. The summed E-state index contributed by atoms with van der Waals surface area (Å²) in [6.45, 7) is 4.26. The summed E-state index contributed by atoms with van der Waals surface area (Å²) in [5.41, 5.74) is 15.5. The van der Waals surface area contributed by atoms with Crippen LogP contribution < -0.4 is 30.7 Å². The molecule has 0 spiro atoms. The summed E-state index contributed by atoms with van der Waals surface area (Å²) in [7, 11) is 3.24. The second-order valence-corrected chi connectivity index (χ2v) is 8.65. The number of anilines is 4. The van der Waals surface area contributed by atoms with Crippen molar-refractivity contribution >= 4 is 46.0 Å². The van der Waals surface area contributed by atoms with Gasteiger partial charge in [0.05, 0.1) is 47.0 Å². The fourth-order valence-electron chi connectivity index (χ4n) is 4.07. The summed E-state index contributed by atoms with van der Waals surface area (Å²) in [6.07, 6.45) is 6.21. The SMILES string of the molecule is COc1cc(N2CCCC2)c(N)cc1Cl.COc1cc(N2CCCCC2)c(N)cc1Cl. The van der Waals surface area contributed by atoms with Crippen LogP contribution in [-0.2, 0) is 0 Å². The highest BCUT2D eigenvalue weighted by atomic mass is 35.5. The van der Waals surface area contributed by atoms with E-state index >= 15 is 0 Å². The normalized spacial score (nSPS) is 16.0. The zero-order valence-corrected chi connectivity index (χ0v) is 19.8. The Morgan fingerprint density at radius 3 is 1.35 bits per heavy atom. The molecule has 0 saturated carbocycles. The van der Waals surface area contributed by atoms with Crippen LogP contribution in [0.25, 0.3) is 0 Å². The van der Waals surface area contributed by atoms with E-state index in [1.54, 1.807) is 26.4 Å². The highest BCUT2D eigenvalue weighted by molar-refractivity contribution is 6.32. The molecule has 0 bridgehead atoms. The third-order valence-electron chi connectivity index (χ3n) is 5.75. The van der Waals surface area contributed by atoms with Gasteiger partial charge in [0.15, 0.2) is 0 Å². The molecule has 6 nitrogen and oxygen atoms in total. The lowest BCUT2D eigenvalue weighted by molar-refractivity contribution is 0.415. The number of methoxy groups -OCH3 is 2. The van der Waals surface area contributed by atoms with Gasteiger partial charge in [0, 0.05) is 38.3 Å². The first-order valence-corrected chi connectivity index (χ1v) is 11.5. The van der Waals surface area contributed by atoms with Crippen molar-refractivity contribution < 1.29 is 9.47 Å². The van der Waals surface area contributed by atoms with Gasteiger partial charge in [0.1, 0.15) is 11.5 Å². The lowest BCUT2D eigenvalue weighted by Gasteiger charge is -2.30. The summed E-state index contributed by atoms with van der Waals surface area (Å²) < 4.78 is 10.4. The predicted molar refractivity (Wildman–Crippen MR) is 132 cm³/mol. The first-order chi connectivity index (χ1) is 14.9. The van der Waals surface area contributed by atoms with Crippen LogP contribution in [0.5, 0.6) is 11.5 Å². The smallest absolute Gasteiger partial charge is 0.139 e. The van der Waals surface area contributed by atoms with Crippen LogP contribution in [0.3, 0.4) is 0 Å². The third kappa shape index (κ3) is 5.74. The molecule has 2 aliphatic rings. The number of nitrogens with zero attached hydrogens (tertiary/aromatic N) is 2. The van der Waals surface area contributed by atoms with Crippen LogP contribution in [0.4, 0.5) is 22.7 Å². The summed E-state index contributed by atoms with van der Waals surface area (Å²) in [5.74, 6) is 1.38. The van der Waals surface area contributed by atoms with Crippen LogP contribution in [-0.4, -0.2) is 40.4 Å². The van der Waals surface area contributed by atoms with Crippen molar-refractivity contribution in [2.75, 3.05) is 61.7 Å². The van der Waals surface area contributed by atoms with Crippen molar-refractivity contribution in [1.82, 2.24) is 0 Å². The molecule has 2 fully saturated rings. The van der Waals surface area contributed by atoms with Gasteiger partial charge < -0.3 is 30.7 Å². The van der Waals surface area contributed by atoms with Crippen molar-refractivity contribution in [3.8, 4) is 11.5 Å². The van der Waals surface area contributed by atoms with Crippen molar-refractivity contribution in [2.45, 2.75) is 32.1 Å². The van der Waals surface area contributed by atoms with Gasteiger partial charge in [-0.15, -0.1) is 0 Å². The van der Waals surface area contributed by atoms with E-state index in [9.17, 15) is 0 Å². The molecular weight excluding hydrogens is 435 g/mol. The topological polar surface area (TPSA) is 77.0 Å². The maximum absolute atomic E-state index is 6.02. The monoisotopic (exact) mass is 466 g/mol. The first-order valence-electron chi connectivity index (χ1n) is 10.7. The quantitative estimate of drug-likeness (QED) is 0.583. The molecule has 2 heterocycles. The molecule has 0 radical (unpaired) electrons. The van der Waals surface area contributed by atoms with Crippen LogP contribution in [0.2, 0.25) is 10.0 Å². The number of hydrogen-bond donors (Lipinski definition) is 2. The zero-order valence-electron chi connectivity index (χ0n) is 18.3. The lowest BCUT2D eigenvalue weighted by Crippen LogP contribution is -2.30. The number of halogens is 2. The van der Waals surface area contributed by atoms with Gasteiger partial charge in [-0.2, -0.15) is 0 Å². The van der Waals surface area contributed by atoms with Crippen molar-refractivity contribution in [1.29, 1.82) is 0 Å². The maximum atomic E-state index is 6.02. The Morgan fingerprint density at radius 1 is 0.645 bits per heavy atom. The summed E-state index contributed by atoms with van der Waals surface area (Å²) in [6, 6.07) is 7.38. The van der Waals surface area contributed by atoms with E-state index in [1.807, 2.05) is 12.1 Å². The fraction of sp³-hybridized carbons (Fsp3) is 0.478. The van der Waals surface area contributed by atoms with E-state index in [1.165, 1.54) is 32.1 Å². The number of nitrogen functional groups attached to an aromatic ring is 2. The van der Waals surface area contributed by atoms with E-state index in [0.717, 1.165) is 48.9 Å². The van der Waals surface area contributed by atoms with E-state index < -0.39 is 0 Å². The maximum Gasteiger partial charge on any atom is 0.139 e. The lowest BCUT2D eigenvalue weighted by atomic mass is 10.1. The van der Waals surface area contributed by atoms with Gasteiger partial charge >= 0.3 is 0 Å². The summed E-state index contributed by atoms with van der Waals surface area (Å²) >= 11 is 12.0. The molecule has 0 aromatic heterocycles. The van der Waals surface area contributed by atoms with Gasteiger partial charge in [0.2, 0.25) is 0 Å². The van der Waals surface area contributed by atoms with Gasteiger partial charge in [-0.3, -0.25) is 0 Å². The van der Waals surface area contributed by atoms with Crippen molar-refractivity contribution in [2.24, 2.45) is 0 Å². The molecule has 0 aliphatic carbocycles. The van der Waals surface area contributed by atoms with E-state index in [-0.39, 0.29) is 0 Å². The van der Waals surface area contributed by atoms with Gasteiger partial charge in [-0.25, -0.2) is 0 Å². The molecular formula is C23H32Cl2N4O2. The van der Waals surface area contributed by atoms with E-state index in [0.29, 0.717) is 21.5 Å². The van der Waals surface area contributed by atoms with Gasteiger partial charge in [0.25, 0.3) is 0 Å². The minimum absolute atomic E-state index is 0.568. The summed E-state index contributed by atoms with van der Waals surface area (Å²) in [4.78, 5) is 4.58. The van der Waals surface area contributed by atoms with Crippen LogP contribution in [0, 0.1) is 0 Å². The Balaban J connectivity index is 0.000000176. The van der Waals surface area contributed by atoms with Crippen molar-refractivity contribution in [3.05, 3.63) is 34.3 Å². The molecule has 31 heavy (non-hydrogen) atoms.